The Balaban J connectivity index is 1.57. The Bertz CT molecular complexity index is 711. The van der Waals surface area contributed by atoms with Gasteiger partial charge in [0.1, 0.15) is 5.75 Å². The Morgan fingerprint density at radius 2 is 1.67 bits per heavy atom. The fraction of sp³-hybridized carbons (Fsp3) is 0.435. The molecule has 0 unspecified atom stereocenters. The van der Waals surface area contributed by atoms with E-state index < -0.39 is 6.10 Å². The summed E-state index contributed by atoms with van der Waals surface area (Å²) in [6, 6.07) is 17.9. The number of nitrogens with one attached hydrogen (secondary N) is 1. The second-order valence-corrected chi connectivity index (χ2v) is 7.15. The summed E-state index contributed by atoms with van der Waals surface area (Å²) in [6.07, 6.45) is 4.08. The SMILES string of the molecule is CC[C@@H](Oc1ccccc1)C(=O)NCc1ccccc1CN1CCCCC1. The van der Waals surface area contributed by atoms with Crippen molar-refractivity contribution in [1.29, 1.82) is 0 Å². The third-order valence-electron chi connectivity index (χ3n) is 5.10. The topological polar surface area (TPSA) is 41.6 Å². The molecule has 27 heavy (non-hydrogen) atoms. The molecule has 0 aliphatic carbocycles. The average Bonchev–Trinajstić information content (AvgIpc) is 2.72. The number of para-hydroxylation sites is 1. The lowest BCUT2D eigenvalue weighted by atomic mass is 10.0. The summed E-state index contributed by atoms with van der Waals surface area (Å²) >= 11 is 0. The molecule has 0 radical (unpaired) electrons. The molecule has 1 saturated heterocycles. The Kier molecular flexibility index (Phi) is 7.28. The van der Waals surface area contributed by atoms with Crippen LogP contribution >= 0.6 is 0 Å². The van der Waals surface area contributed by atoms with Gasteiger partial charge in [-0.25, -0.2) is 0 Å². The number of benzene rings is 2. The molecule has 1 fully saturated rings. The van der Waals surface area contributed by atoms with Gasteiger partial charge in [-0.1, -0.05) is 55.8 Å². The second-order valence-electron chi connectivity index (χ2n) is 7.15. The van der Waals surface area contributed by atoms with Gasteiger partial charge in [0.05, 0.1) is 0 Å². The van der Waals surface area contributed by atoms with Gasteiger partial charge in [0, 0.05) is 13.1 Å². The Morgan fingerprint density at radius 1 is 1.00 bits per heavy atom. The van der Waals surface area contributed by atoms with Crippen LogP contribution in [0.15, 0.2) is 54.6 Å². The standard InChI is InChI=1S/C23H30N2O2/c1-2-22(27-21-13-5-3-6-14-21)23(26)24-17-19-11-7-8-12-20(19)18-25-15-9-4-10-16-25/h3,5-8,11-14,22H,2,4,9-10,15-18H2,1H3,(H,24,26)/t22-/m1/s1. The minimum atomic E-state index is -0.471. The van der Waals surface area contributed by atoms with Gasteiger partial charge in [-0.2, -0.15) is 0 Å². The molecule has 0 spiro atoms. The summed E-state index contributed by atoms with van der Waals surface area (Å²) in [5.74, 6) is 0.666. The van der Waals surface area contributed by atoms with E-state index in [2.05, 4.69) is 28.4 Å². The number of hydrogen-bond acceptors (Lipinski definition) is 3. The lowest BCUT2D eigenvalue weighted by Gasteiger charge is -2.27. The maximum absolute atomic E-state index is 12.6. The summed E-state index contributed by atoms with van der Waals surface area (Å²) in [4.78, 5) is 15.1. The zero-order chi connectivity index (χ0) is 18.9. The van der Waals surface area contributed by atoms with Gasteiger partial charge in [0.2, 0.25) is 0 Å². The van der Waals surface area contributed by atoms with Crippen molar-refractivity contribution in [2.45, 2.75) is 51.8 Å². The molecule has 3 rings (SSSR count). The maximum Gasteiger partial charge on any atom is 0.261 e. The molecule has 1 atom stereocenters. The van der Waals surface area contributed by atoms with Crippen LogP contribution < -0.4 is 10.1 Å². The van der Waals surface area contributed by atoms with Crippen LogP contribution in [0.4, 0.5) is 0 Å². The van der Waals surface area contributed by atoms with Gasteiger partial charge in [-0.3, -0.25) is 9.69 Å². The van der Waals surface area contributed by atoms with Crippen LogP contribution in [-0.2, 0) is 17.9 Å². The highest BCUT2D eigenvalue weighted by molar-refractivity contribution is 5.81. The van der Waals surface area contributed by atoms with E-state index in [9.17, 15) is 4.79 Å². The van der Waals surface area contributed by atoms with Crippen molar-refractivity contribution in [2.24, 2.45) is 0 Å². The van der Waals surface area contributed by atoms with Gasteiger partial charge in [-0.05, 0) is 55.6 Å². The van der Waals surface area contributed by atoms with Crippen molar-refractivity contribution in [3.05, 3.63) is 65.7 Å². The molecular formula is C23H30N2O2. The number of piperidine rings is 1. The van der Waals surface area contributed by atoms with E-state index in [0.717, 1.165) is 12.3 Å². The fourth-order valence-electron chi connectivity index (χ4n) is 3.52. The highest BCUT2D eigenvalue weighted by Gasteiger charge is 2.19. The summed E-state index contributed by atoms with van der Waals surface area (Å²) in [5.41, 5.74) is 2.49. The molecule has 144 valence electrons. The van der Waals surface area contributed by atoms with E-state index in [1.807, 2.05) is 43.3 Å². The minimum absolute atomic E-state index is 0.0610. The molecule has 1 aliphatic heterocycles. The zero-order valence-corrected chi connectivity index (χ0v) is 16.2. The van der Waals surface area contributed by atoms with Gasteiger partial charge >= 0.3 is 0 Å². The van der Waals surface area contributed by atoms with Crippen LogP contribution in [0.1, 0.15) is 43.7 Å². The van der Waals surface area contributed by atoms with Crippen LogP contribution in [-0.4, -0.2) is 30.0 Å². The number of carbonyl (C=O) groups is 1. The van der Waals surface area contributed by atoms with Crippen molar-refractivity contribution >= 4 is 5.91 Å². The molecule has 1 N–H and O–H groups in total. The molecule has 0 aromatic heterocycles. The molecule has 2 aromatic carbocycles. The highest BCUT2D eigenvalue weighted by atomic mass is 16.5. The van der Waals surface area contributed by atoms with E-state index >= 15 is 0 Å². The normalized spacial score (nSPS) is 15.9. The Hall–Kier alpha value is -2.33. The number of nitrogens with zero attached hydrogens (tertiary/aromatic N) is 1. The van der Waals surface area contributed by atoms with Crippen molar-refractivity contribution < 1.29 is 9.53 Å². The number of likely N-dealkylation sites (tertiary alicyclic amines) is 1. The second kappa shape index (κ2) is 10.1. The van der Waals surface area contributed by atoms with Gasteiger partial charge in [0.25, 0.3) is 5.91 Å². The van der Waals surface area contributed by atoms with Crippen molar-refractivity contribution in [3.8, 4) is 5.75 Å². The van der Waals surface area contributed by atoms with Crippen LogP contribution in [0.3, 0.4) is 0 Å². The van der Waals surface area contributed by atoms with Gasteiger partial charge in [0.15, 0.2) is 6.10 Å². The number of amides is 1. The molecule has 1 amide bonds. The Labute approximate surface area is 162 Å². The van der Waals surface area contributed by atoms with E-state index in [-0.39, 0.29) is 5.91 Å². The van der Waals surface area contributed by atoms with Crippen LogP contribution in [0, 0.1) is 0 Å². The largest absolute Gasteiger partial charge is 0.481 e. The number of hydrogen-bond donors (Lipinski definition) is 1. The third-order valence-corrected chi connectivity index (χ3v) is 5.10. The molecular weight excluding hydrogens is 336 g/mol. The fourth-order valence-corrected chi connectivity index (χ4v) is 3.52. The molecule has 0 saturated carbocycles. The first-order valence-corrected chi connectivity index (χ1v) is 10.0. The highest BCUT2D eigenvalue weighted by Crippen LogP contribution is 2.17. The van der Waals surface area contributed by atoms with Crippen LogP contribution in [0.25, 0.3) is 0 Å². The predicted octanol–water partition coefficient (Wildman–Crippen LogP) is 4.15. The smallest absolute Gasteiger partial charge is 0.261 e. The summed E-state index contributed by atoms with van der Waals surface area (Å²) in [7, 11) is 0. The quantitative estimate of drug-likeness (QED) is 0.763. The molecule has 1 heterocycles. The molecule has 4 heteroatoms. The van der Waals surface area contributed by atoms with Crippen LogP contribution in [0.5, 0.6) is 5.75 Å². The molecule has 1 aliphatic rings. The Morgan fingerprint density at radius 3 is 2.37 bits per heavy atom. The summed E-state index contributed by atoms with van der Waals surface area (Å²) < 4.78 is 5.85. The lowest BCUT2D eigenvalue weighted by molar-refractivity contribution is -0.128. The number of ether oxygens (including phenoxy) is 1. The zero-order valence-electron chi connectivity index (χ0n) is 16.2. The van der Waals surface area contributed by atoms with Gasteiger partial charge in [-0.15, -0.1) is 0 Å². The number of rotatable bonds is 8. The first kappa shape index (κ1) is 19.4. The van der Waals surface area contributed by atoms with Crippen molar-refractivity contribution in [1.82, 2.24) is 10.2 Å². The van der Waals surface area contributed by atoms with E-state index in [1.165, 1.54) is 43.5 Å². The number of carbonyl (C=O) groups excluding carboxylic acids is 1. The maximum atomic E-state index is 12.6. The van der Waals surface area contributed by atoms with Crippen molar-refractivity contribution in [3.63, 3.8) is 0 Å². The monoisotopic (exact) mass is 366 g/mol. The van der Waals surface area contributed by atoms with E-state index in [1.54, 1.807) is 0 Å². The van der Waals surface area contributed by atoms with Gasteiger partial charge < -0.3 is 10.1 Å². The third kappa shape index (κ3) is 5.83. The first-order chi connectivity index (χ1) is 13.3. The summed E-state index contributed by atoms with van der Waals surface area (Å²) in [5, 5.41) is 3.07. The van der Waals surface area contributed by atoms with Crippen LogP contribution in [0.2, 0.25) is 0 Å². The predicted molar refractivity (Wildman–Crippen MR) is 109 cm³/mol. The minimum Gasteiger partial charge on any atom is -0.481 e. The summed E-state index contributed by atoms with van der Waals surface area (Å²) in [6.45, 7) is 5.81. The average molecular weight is 367 g/mol. The first-order valence-electron chi connectivity index (χ1n) is 10.0. The molecule has 2 aromatic rings. The van der Waals surface area contributed by atoms with Crippen molar-refractivity contribution in [2.75, 3.05) is 13.1 Å². The molecule has 4 nitrogen and oxygen atoms in total. The lowest BCUT2D eigenvalue weighted by Crippen LogP contribution is -2.38. The van der Waals surface area contributed by atoms with E-state index in [4.69, 9.17) is 4.74 Å². The molecule has 0 bridgehead atoms. The van der Waals surface area contributed by atoms with E-state index in [0.29, 0.717) is 13.0 Å².